The molecule has 2 rings (SSSR count). The van der Waals surface area contributed by atoms with Crippen LogP contribution >= 0.6 is 27.5 Å². The third kappa shape index (κ3) is 3.11. The minimum atomic E-state index is -4.29. The number of rotatable bonds is 3. The van der Waals surface area contributed by atoms with E-state index in [9.17, 15) is 13.2 Å². The van der Waals surface area contributed by atoms with Crippen LogP contribution in [0.4, 0.5) is 13.2 Å². The molecule has 0 spiro atoms. The van der Waals surface area contributed by atoms with Crippen LogP contribution in [-0.4, -0.2) is 9.70 Å². The minimum absolute atomic E-state index is 0.637. The monoisotopic (exact) mass is 335 g/mol. The zero-order valence-electron chi connectivity index (χ0n) is 9.17. The Balaban J connectivity index is 2.23. The van der Waals surface area contributed by atoms with E-state index >= 15 is 0 Å². The largest absolute Gasteiger partial charge is 0.416 e. The molecule has 0 unspecified atom stereocenters. The Morgan fingerprint density at radius 3 is 2.39 bits per heavy atom. The molecule has 0 amide bonds. The van der Waals surface area contributed by atoms with Crippen molar-refractivity contribution < 1.29 is 13.2 Å². The van der Waals surface area contributed by atoms with Gasteiger partial charge in [-0.05, 0) is 36.2 Å². The first-order valence-electron chi connectivity index (χ1n) is 5.20. The van der Waals surface area contributed by atoms with Gasteiger partial charge in [-0.2, -0.15) is 17.5 Å². The van der Waals surface area contributed by atoms with Crippen LogP contribution in [0.25, 0.3) is 11.3 Å². The molecule has 0 atom stereocenters. The number of hydrogen-bond acceptors (Lipinski definition) is 2. The summed E-state index contributed by atoms with van der Waals surface area (Å²) in [5.74, 6) is 0. The topological polar surface area (TPSA) is 12.9 Å². The van der Waals surface area contributed by atoms with Gasteiger partial charge in [-0.1, -0.05) is 28.1 Å². The molecule has 0 bridgehead atoms. The minimum Gasteiger partial charge on any atom is -0.192 e. The summed E-state index contributed by atoms with van der Waals surface area (Å²) < 4.78 is 41.5. The van der Waals surface area contributed by atoms with Gasteiger partial charge in [-0.15, -0.1) is 0 Å². The molecule has 1 aromatic heterocycles. The molecule has 2 aromatic rings. The van der Waals surface area contributed by atoms with Gasteiger partial charge in [0.15, 0.2) is 0 Å². The van der Waals surface area contributed by atoms with Crippen LogP contribution in [0.5, 0.6) is 0 Å². The van der Waals surface area contributed by atoms with E-state index in [1.54, 1.807) is 0 Å². The summed E-state index contributed by atoms with van der Waals surface area (Å²) >= 11 is 4.71. The molecule has 6 heteroatoms. The quantitative estimate of drug-likeness (QED) is 0.736. The molecular formula is C12H9BrF3NS. The van der Waals surface area contributed by atoms with Gasteiger partial charge in [0, 0.05) is 15.8 Å². The zero-order chi connectivity index (χ0) is 13.2. The Morgan fingerprint density at radius 2 is 1.83 bits per heavy atom. The van der Waals surface area contributed by atoms with Gasteiger partial charge in [0.2, 0.25) is 0 Å². The van der Waals surface area contributed by atoms with Crippen molar-refractivity contribution in [3.05, 3.63) is 40.8 Å². The van der Waals surface area contributed by atoms with Crippen molar-refractivity contribution in [1.82, 2.24) is 4.37 Å². The Morgan fingerprint density at radius 1 is 1.17 bits per heavy atom. The van der Waals surface area contributed by atoms with E-state index in [1.165, 1.54) is 23.7 Å². The Kier molecular flexibility index (Phi) is 4.07. The highest BCUT2D eigenvalue weighted by Crippen LogP contribution is 2.31. The highest BCUT2D eigenvalue weighted by Gasteiger charge is 2.30. The fourth-order valence-electron chi connectivity index (χ4n) is 1.49. The van der Waals surface area contributed by atoms with Crippen molar-refractivity contribution in [3.8, 4) is 11.3 Å². The Hall–Kier alpha value is -0.880. The molecule has 96 valence electrons. The van der Waals surface area contributed by atoms with Crippen molar-refractivity contribution in [3.63, 3.8) is 0 Å². The van der Waals surface area contributed by atoms with Gasteiger partial charge in [0.1, 0.15) is 0 Å². The standard InChI is InChI=1S/C12H9BrF3NS/c13-6-5-10-7-11(17-18-10)8-1-3-9(4-2-8)12(14,15)16/h1-4,7H,5-6H2. The maximum atomic E-state index is 12.4. The molecule has 1 aromatic carbocycles. The normalized spacial score (nSPS) is 11.8. The molecule has 0 aliphatic rings. The second kappa shape index (κ2) is 5.40. The lowest BCUT2D eigenvalue weighted by Gasteiger charge is -2.06. The van der Waals surface area contributed by atoms with Gasteiger partial charge in [0.25, 0.3) is 0 Å². The third-order valence-electron chi connectivity index (χ3n) is 2.41. The number of aryl methyl sites for hydroxylation is 1. The van der Waals surface area contributed by atoms with Crippen molar-refractivity contribution in [2.24, 2.45) is 0 Å². The zero-order valence-corrected chi connectivity index (χ0v) is 11.6. The number of halogens is 4. The second-order valence-corrected chi connectivity index (χ2v) is 5.38. The lowest BCUT2D eigenvalue weighted by molar-refractivity contribution is -0.137. The molecule has 1 heterocycles. The third-order valence-corrected chi connectivity index (χ3v) is 3.65. The summed E-state index contributed by atoms with van der Waals surface area (Å²) in [6.45, 7) is 0. The van der Waals surface area contributed by atoms with Crippen LogP contribution in [0.1, 0.15) is 10.4 Å². The second-order valence-electron chi connectivity index (χ2n) is 3.69. The van der Waals surface area contributed by atoms with Crippen LogP contribution in [-0.2, 0) is 12.6 Å². The van der Waals surface area contributed by atoms with Gasteiger partial charge >= 0.3 is 6.18 Å². The summed E-state index contributed by atoms with van der Waals surface area (Å²) in [5.41, 5.74) is 0.798. The van der Waals surface area contributed by atoms with Crippen molar-refractivity contribution in [1.29, 1.82) is 0 Å². The van der Waals surface area contributed by atoms with Crippen LogP contribution in [0.2, 0.25) is 0 Å². The molecule has 0 fully saturated rings. The summed E-state index contributed by atoms with van der Waals surface area (Å²) in [7, 11) is 0. The van der Waals surface area contributed by atoms with Crippen molar-refractivity contribution in [2.75, 3.05) is 5.33 Å². The van der Waals surface area contributed by atoms with Crippen LogP contribution in [0.3, 0.4) is 0 Å². The van der Waals surface area contributed by atoms with Crippen LogP contribution < -0.4 is 0 Å². The fourth-order valence-corrected chi connectivity index (χ4v) is 2.91. The summed E-state index contributed by atoms with van der Waals surface area (Å²) in [6, 6.07) is 6.98. The van der Waals surface area contributed by atoms with E-state index in [0.717, 1.165) is 34.5 Å². The smallest absolute Gasteiger partial charge is 0.192 e. The number of alkyl halides is 4. The van der Waals surface area contributed by atoms with Crippen molar-refractivity contribution >= 4 is 27.5 Å². The van der Waals surface area contributed by atoms with Crippen molar-refractivity contribution in [2.45, 2.75) is 12.6 Å². The molecule has 0 saturated carbocycles. The first kappa shape index (κ1) is 13.5. The summed E-state index contributed by atoms with van der Waals surface area (Å²) in [6.07, 6.45) is -3.42. The fraction of sp³-hybridized carbons (Fsp3) is 0.250. The SMILES string of the molecule is FC(F)(F)c1ccc(-c2cc(CCBr)sn2)cc1. The molecule has 18 heavy (non-hydrogen) atoms. The van der Waals surface area contributed by atoms with Gasteiger partial charge in [0.05, 0.1) is 11.3 Å². The van der Waals surface area contributed by atoms with Gasteiger partial charge in [-0.25, -0.2) is 0 Å². The van der Waals surface area contributed by atoms with E-state index in [2.05, 4.69) is 20.3 Å². The molecular weight excluding hydrogens is 327 g/mol. The molecule has 0 radical (unpaired) electrons. The highest BCUT2D eigenvalue weighted by atomic mass is 79.9. The maximum Gasteiger partial charge on any atom is 0.416 e. The van der Waals surface area contributed by atoms with Crippen LogP contribution in [0, 0.1) is 0 Å². The average molecular weight is 336 g/mol. The summed E-state index contributed by atoms with van der Waals surface area (Å²) in [5, 5.41) is 0.849. The summed E-state index contributed by atoms with van der Waals surface area (Å²) in [4.78, 5) is 1.11. The number of nitrogens with zero attached hydrogens (tertiary/aromatic N) is 1. The molecule has 0 N–H and O–H groups in total. The van der Waals surface area contributed by atoms with E-state index in [4.69, 9.17) is 0 Å². The maximum absolute atomic E-state index is 12.4. The first-order valence-corrected chi connectivity index (χ1v) is 7.09. The van der Waals surface area contributed by atoms with E-state index in [0.29, 0.717) is 5.56 Å². The highest BCUT2D eigenvalue weighted by molar-refractivity contribution is 9.09. The molecule has 0 saturated heterocycles. The predicted molar refractivity (Wildman–Crippen MR) is 70.1 cm³/mol. The van der Waals surface area contributed by atoms with Crippen LogP contribution in [0.15, 0.2) is 30.3 Å². The average Bonchev–Trinajstić information content (AvgIpc) is 2.77. The Bertz CT molecular complexity index is 519. The number of benzene rings is 1. The lowest BCUT2D eigenvalue weighted by Crippen LogP contribution is -2.03. The molecule has 0 aliphatic heterocycles. The number of hydrogen-bond donors (Lipinski definition) is 0. The van der Waals surface area contributed by atoms with E-state index < -0.39 is 11.7 Å². The Labute approximate surface area is 115 Å². The molecule has 0 aliphatic carbocycles. The van der Waals surface area contributed by atoms with Gasteiger partial charge in [-0.3, -0.25) is 0 Å². The molecule has 1 nitrogen and oxygen atoms in total. The van der Waals surface area contributed by atoms with E-state index in [1.807, 2.05) is 6.07 Å². The van der Waals surface area contributed by atoms with Gasteiger partial charge < -0.3 is 0 Å². The predicted octanol–water partition coefficient (Wildman–Crippen LogP) is 4.77. The first-order chi connectivity index (χ1) is 8.50. The van der Waals surface area contributed by atoms with E-state index in [-0.39, 0.29) is 0 Å². The number of aromatic nitrogens is 1. The lowest BCUT2D eigenvalue weighted by atomic mass is 10.1.